The molecule has 27 heavy (non-hydrogen) atoms. The third-order valence-electron chi connectivity index (χ3n) is 4.75. The highest BCUT2D eigenvalue weighted by Crippen LogP contribution is 2.35. The van der Waals surface area contributed by atoms with Crippen LogP contribution in [0.15, 0.2) is 67.0 Å². The second kappa shape index (κ2) is 8.10. The van der Waals surface area contributed by atoms with Crippen LogP contribution in [0.25, 0.3) is 0 Å². The van der Waals surface area contributed by atoms with Crippen LogP contribution >= 0.6 is 0 Å². The summed E-state index contributed by atoms with van der Waals surface area (Å²) in [7, 11) is 1.72. The van der Waals surface area contributed by atoms with Crippen LogP contribution in [0.5, 0.6) is 11.5 Å². The predicted molar refractivity (Wildman–Crippen MR) is 106 cm³/mol. The van der Waals surface area contributed by atoms with Gasteiger partial charge in [-0.25, -0.2) is 5.01 Å². The average molecular weight is 361 g/mol. The number of hydrogen-bond donors (Lipinski definition) is 1. The van der Waals surface area contributed by atoms with E-state index in [1.54, 1.807) is 19.5 Å². The lowest BCUT2D eigenvalue weighted by molar-refractivity contribution is 0.275. The minimum atomic E-state index is 0.568. The van der Waals surface area contributed by atoms with E-state index >= 15 is 0 Å². The van der Waals surface area contributed by atoms with Gasteiger partial charge in [0, 0.05) is 36.6 Å². The number of anilines is 1. The second-order valence-corrected chi connectivity index (χ2v) is 6.52. The van der Waals surface area contributed by atoms with Crippen LogP contribution in [0, 0.1) is 0 Å². The first kappa shape index (κ1) is 17.4. The molecule has 2 heterocycles. The second-order valence-electron chi connectivity index (χ2n) is 6.52. The molecule has 0 saturated heterocycles. The van der Waals surface area contributed by atoms with Gasteiger partial charge in [-0.2, -0.15) is 0 Å². The molecule has 1 aromatic heterocycles. The molecule has 4 rings (SSSR count). The fraction of sp³-hybridized carbons (Fsp3) is 0.227. The van der Waals surface area contributed by atoms with E-state index in [1.807, 2.05) is 42.5 Å². The average Bonchev–Trinajstić information content (AvgIpc) is 2.73. The summed E-state index contributed by atoms with van der Waals surface area (Å²) in [6, 6.07) is 18.2. The van der Waals surface area contributed by atoms with Crippen molar-refractivity contribution in [1.82, 2.24) is 9.99 Å². The lowest BCUT2D eigenvalue weighted by Gasteiger charge is -2.31. The molecule has 5 nitrogen and oxygen atoms in total. The molecule has 0 spiro atoms. The van der Waals surface area contributed by atoms with E-state index < -0.39 is 0 Å². The first-order valence-corrected chi connectivity index (χ1v) is 9.10. The Labute approximate surface area is 159 Å². The Balaban J connectivity index is 1.53. The number of pyridine rings is 1. The molecule has 138 valence electrons. The van der Waals surface area contributed by atoms with Gasteiger partial charge in [0.25, 0.3) is 0 Å². The third kappa shape index (κ3) is 4.04. The summed E-state index contributed by atoms with van der Waals surface area (Å²) < 4.78 is 11.7. The fourth-order valence-corrected chi connectivity index (χ4v) is 3.38. The monoisotopic (exact) mass is 361 g/mol. The number of aromatic nitrogens is 1. The topological polar surface area (TPSA) is 46.6 Å². The van der Waals surface area contributed by atoms with Gasteiger partial charge in [-0.3, -0.25) is 4.98 Å². The summed E-state index contributed by atoms with van der Waals surface area (Å²) in [5.41, 5.74) is 8.06. The van der Waals surface area contributed by atoms with Gasteiger partial charge >= 0.3 is 0 Å². The number of methoxy groups -OCH3 is 1. The maximum absolute atomic E-state index is 6.14. The Morgan fingerprint density at radius 3 is 2.52 bits per heavy atom. The highest BCUT2D eigenvalue weighted by Gasteiger charge is 2.23. The zero-order valence-corrected chi connectivity index (χ0v) is 15.4. The van der Waals surface area contributed by atoms with E-state index in [9.17, 15) is 0 Å². The van der Waals surface area contributed by atoms with Gasteiger partial charge in [0.2, 0.25) is 0 Å². The molecule has 0 fully saturated rings. The smallest absolute Gasteiger partial charge is 0.123 e. The van der Waals surface area contributed by atoms with Gasteiger partial charge in [-0.1, -0.05) is 30.3 Å². The number of fused-ring (bicyclic) bond motifs is 1. The molecule has 0 aliphatic carbocycles. The number of rotatable bonds is 6. The molecule has 0 atom stereocenters. The van der Waals surface area contributed by atoms with Crippen molar-refractivity contribution in [3.8, 4) is 11.5 Å². The zero-order chi connectivity index (χ0) is 18.5. The molecule has 0 unspecified atom stereocenters. The van der Waals surface area contributed by atoms with Crippen LogP contribution in [0.3, 0.4) is 0 Å². The fourth-order valence-electron chi connectivity index (χ4n) is 3.38. The minimum Gasteiger partial charge on any atom is -0.496 e. The van der Waals surface area contributed by atoms with Gasteiger partial charge in [-0.15, -0.1) is 0 Å². The van der Waals surface area contributed by atoms with Crippen LogP contribution in [-0.4, -0.2) is 23.6 Å². The van der Waals surface area contributed by atoms with Crippen LogP contribution in [-0.2, 0) is 19.6 Å². The van der Waals surface area contributed by atoms with Gasteiger partial charge in [0.05, 0.1) is 12.8 Å². The van der Waals surface area contributed by atoms with Crippen LogP contribution in [0.1, 0.15) is 16.7 Å². The Bertz CT molecular complexity index is 885. The van der Waals surface area contributed by atoms with Crippen molar-refractivity contribution in [3.63, 3.8) is 0 Å². The van der Waals surface area contributed by atoms with Crippen molar-refractivity contribution in [2.24, 2.45) is 0 Å². The van der Waals surface area contributed by atoms with Crippen molar-refractivity contribution < 1.29 is 9.47 Å². The molecular formula is C22H23N3O2. The molecule has 1 aliphatic rings. The molecule has 0 amide bonds. The Morgan fingerprint density at radius 2 is 1.74 bits per heavy atom. The van der Waals surface area contributed by atoms with Crippen LogP contribution < -0.4 is 14.9 Å². The summed E-state index contributed by atoms with van der Waals surface area (Å²) in [5, 5.41) is 2.20. The van der Waals surface area contributed by atoms with E-state index in [2.05, 4.69) is 27.6 Å². The molecule has 2 aromatic carbocycles. The third-order valence-corrected chi connectivity index (χ3v) is 4.75. The Morgan fingerprint density at radius 1 is 0.963 bits per heavy atom. The molecular weight excluding hydrogens is 338 g/mol. The van der Waals surface area contributed by atoms with Crippen molar-refractivity contribution in [2.45, 2.75) is 19.6 Å². The molecule has 1 aliphatic heterocycles. The van der Waals surface area contributed by atoms with Crippen LogP contribution in [0.2, 0.25) is 0 Å². The maximum atomic E-state index is 6.14. The highest BCUT2D eigenvalue weighted by atomic mass is 16.5. The number of ether oxygens (including phenoxy) is 2. The summed E-state index contributed by atoms with van der Waals surface area (Å²) in [6.45, 7) is 2.21. The van der Waals surface area contributed by atoms with E-state index in [0.29, 0.717) is 6.61 Å². The predicted octanol–water partition coefficient (Wildman–Crippen LogP) is 4.05. The minimum absolute atomic E-state index is 0.568. The van der Waals surface area contributed by atoms with E-state index in [1.165, 1.54) is 16.7 Å². The molecule has 0 radical (unpaired) electrons. The molecule has 5 heteroatoms. The zero-order valence-electron chi connectivity index (χ0n) is 15.4. The number of nitrogens with one attached hydrogen (secondary N) is 1. The first-order chi connectivity index (χ1) is 13.3. The van der Waals surface area contributed by atoms with E-state index in [0.717, 1.165) is 36.7 Å². The number of hydrazine groups is 1. The molecule has 0 bridgehead atoms. The number of nitrogens with zero attached hydrogens (tertiary/aromatic N) is 2. The van der Waals surface area contributed by atoms with Gasteiger partial charge in [-0.05, 0) is 36.2 Å². The summed E-state index contributed by atoms with van der Waals surface area (Å²) in [5.74, 6) is 1.84. The van der Waals surface area contributed by atoms with Gasteiger partial charge in [0.1, 0.15) is 18.1 Å². The van der Waals surface area contributed by atoms with E-state index in [4.69, 9.17) is 9.47 Å². The summed E-state index contributed by atoms with van der Waals surface area (Å²) in [4.78, 5) is 4.06. The lowest BCUT2D eigenvalue weighted by atomic mass is 9.98. The summed E-state index contributed by atoms with van der Waals surface area (Å²) >= 11 is 0. The normalized spacial score (nSPS) is 13.7. The lowest BCUT2D eigenvalue weighted by Crippen LogP contribution is -2.35. The summed E-state index contributed by atoms with van der Waals surface area (Å²) in [6.07, 6.45) is 4.47. The molecule has 1 N–H and O–H groups in total. The van der Waals surface area contributed by atoms with Crippen molar-refractivity contribution in [1.29, 1.82) is 0 Å². The Kier molecular flexibility index (Phi) is 5.21. The highest BCUT2D eigenvalue weighted by molar-refractivity contribution is 5.50. The van der Waals surface area contributed by atoms with Crippen molar-refractivity contribution in [2.75, 3.05) is 19.1 Å². The standard InChI is InChI=1S/C22H23N3O2/c1-26-21-7-8-22(27-16-17-5-3-2-4-6-17)19-11-14-25(15-20(19)21)24-18-9-12-23-13-10-18/h2-10,12-13H,11,14-16H2,1H3,(H,23,24). The first-order valence-electron chi connectivity index (χ1n) is 9.10. The SMILES string of the molecule is COc1ccc(OCc2ccccc2)c2c1CN(Nc1ccncc1)CC2. The van der Waals surface area contributed by atoms with Gasteiger partial charge in [0.15, 0.2) is 0 Å². The maximum Gasteiger partial charge on any atom is 0.123 e. The molecule has 0 saturated carbocycles. The van der Waals surface area contributed by atoms with Crippen molar-refractivity contribution in [3.05, 3.63) is 83.7 Å². The largest absolute Gasteiger partial charge is 0.496 e. The number of benzene rings is 2. The van der Waals surface area contributed by atoms with Crippen LogP contribution in [0.4, 0.5) is 5.69 Å². The number of hydrogen-bond acceptors (Lipinski definition) is 5. The van der Waals surface area contributed by atoms with Crippen molar-refractivity contribution >= 4 is 5.69 Å². The van der Waals surface area contributed by atoms with E-state index in [-0.39, 0.29) is 0 Å². The van der Waals surface area contributed by atoms with Gasteiger partial charge < -0.3 is 14.9 Å². The molecule has 3 aromatic rings. The quantitative estimate of drug-likeness (QED) is 0.718. The Hall–Kier alpha value is -3.05.